The van der Waals surface area contributed by atoms with E-state index in [0.29, 0.717) is 13.2 Å². The lowest BCUT2D eigenvalue weighted by molar-refractivity contribution is -0.258. The third-order valence-corrected chi connectivity index (χ3v) is 5.84. The molecule has 0 spiro atoms. The Kier molecular flexibility index (Phi) is 8.66. The molecule has 1 aliphatic heterocycles. The quantitative estimate of drug-likeness (QED) is 0.585. The van der Waals surface area contributed by atoms with E-state index in [9.17, 15) is 14.7 Å². The Balaban J connectivity index is 1.51. The van der Waals surface area contributed by atoms with Crippen LogP contribution in [0, 0.1) is 5.41 Å². The summed E-state index contributed by atoms with van der Waals surface area (Å²) < 4.78 is 17.0. The van der Waals surface area contributed by atoms with Gasteiger partial charge in [0.2, 0.25) is 5.91 Å². The minimum absolute atomic E-state index is 0.106. The van der Waals surface area contributed by atoms with Crippen LogP contribution in [0.2, 0.25) is 0 Å². The van der Waals surface area contributed by atoms with Crippen LogP contribution in [0.25, 0.3) is 0 Å². The molecule has 2 N–H and O–H groups in total. The van der Waals surface area contributed by atoms with Crippen LogP contribution in [0.1, 0.15) is 37.7 Å². The standard InChI is InChI=1S/C26H34N2O6/c1-26(2)17-33-25(19-10-12-20(32-4)13-11-19)34-22(26)23(30)27-15-14-21(29)24(31)28(3)16-18-8-6-5-7-9-18/h5-13,21-22,25,29H,14-17H2,1-4H3,(H,27,30). The van der Waals surface area contributed by atoms with E-state index in [1.807, 2.05) is 68.4 Å². The molecule has 0 bridgehead atoms. The molecule has 2 aromatic rings. The fourth-order valence-electron chi connectivity index (χ4n) is 3.80. The third kappa shape index (κ3) is 6.56. The molecule has 0 aromatic heterocycles. The zero-order valence-corrected chi connectivity index (χ0v) is 20.2. The van der Waals surface area contributed by atoms with Crippen molar-refractivity contribution in [1.29, 1.82) is 0 Å². The van der Waals surface area contributed by atoms with Crippen molar-refractivity contribution in [2.75, 3.05) is 27.3 Å². The maximum Gasteiger partial charge on any atom is 0.251 e. The normalized spacial score (nSPS) is 20.3. The molecular weight excluding hydrogens is 436 g/mol. The first kappa shape index (κ1) is 25.7. The van der Waals surface area contributed by atoms with Gasteiger partial charge in [-0.2, -0.15) is 0 Å². The first-order valence-electron chi connectivity index (χ1n) is 11.4. The van der Waals surface area contributed by atoms with Crippen molar-refractivity contribution in [2.45, 2.75) is 45.3 Å². The van der Waals surface area contributed by atoms with E-state index in [-0.39, 0.29) is 24.8 Å². The van der Waals surface area contributed by atoms with Crippen LogP contribution in [-0.2, 0) is 25.6 Å². The number of carbonyl (C=O) groups is 2. The molecule has 1 heterocycles. The Morgan fingerprint density at radius 3 is 2.50 bits per heavy atom. The van der Waals surface area contributed by atoms with E-state index >= 15 is 0 Å². The molecule has 3 atom stereocenters. The predicted octanol–water partition coefficient (Wildman–Crippen LogP) is 2.66. The highest BCUT2D eigenvalue weighted by molar-refractivity contribution is 5.82. The summed E-state index contributed by atoms with van der Waals surface area (Å²) in [4.78, 5) is 26.9. The first-order chi connectivity index (χ1) is 16.2. The summed E-state index contributed by atoms with van der Waals surface area (Å²) in [5.41, 5.74) is 1.22. The number of aliphatic hydroxyl groups is 1. The van der Waals surface area contributed by atoms with Crippen molar-refractivity contribution in [1.82, 2.24) is 10.2 Å². The number of likely N-dealkylation sites (N-methyl/N-ethyl adjacent to an activating group) is 1. The van der Waals surface area contributed by atoms with Crippen molar-refractivity contribution in [3.05, 3.63) is 65.7 Å². The number of rotatable bonds is 9. The van der Waals surface area contributed by atoms with Crippen molar-refractivity contribution < 1.29 is 28.9 Å². The molecule has 0 radical (unpaired) electrons. The average Bonchev–Trinajstić information content (AvgIpc) is 2.84. The largest absolute Gasteiger partial charge is 0.497 e. The summed E-state index contributed by atoms with van der Waals surface area (Å²) in [6.45, 7) is 4.69. The molecule has 0 aliphatic carbocycles. The highest BCUT2D eigenvalue weighted by Gasteiger charge is 2.43. The number of hydrogen-bond acceptors (Lipinski definition) is 6. The van der Waals surface area contributed by atoms with E-state index in [0.717, 1.165) is 16.9 Å². The SMILES string of the molecule is COc1ccc(C2OCC(C)(C)C(C(=O)NCCC(O)C(=O)N(C)Cc3ccccc3)O2)cc1. The molecule has 8 nitrogen and oxygen atoms in total. The minimum Gasteiger partial charge on any atom is -0.497 e. The maximum atomic E-state index is 12.9. The summed E-state index contributed by atoms with van der Waals surface area (Å²) in [5, 5.41) is 13.1. The number of nitrogens with zero attached hydrogens (tertiary/aromatic N) is 1. The van der Waals surface area contributed by atoms with Gasteiger partial charge in [-0.05, 0) is 24.1 Å². The molecule has 34 heavy (non-hydrogen) atoms. The molecule has 0 saturated carbocycles. The number of ether oxygens (including phenoxy) is 3. The number of hydrogen-bond donors (Lipinski definition) is 2. The van der Waals surface area contributed by atoms with Gasteiger partial charge in [0.05, 0.1) is 13.7 Å². The summed E-state index contributed by atoms with van der Waals surface area (Å²) in [5.74, 6) is 0.0288. The molecule has 3 rings (SSSR count). The van der Waals surface area contributed by atoms with Crippen molar-refractivity contribution in [3.8, 4) is 5.75 Å². The zero-order chi connectivity index (χ0) is 24.7. The molecule has 1 aliphatic rings. The van der Waals surface area contributed by atoms with Gasteiger partial charge in [-0.25, -0.2) is 0 Å². The zero-order valence-electron chi connectivity index (χ0n) is 20.2. The molecule has 1 fully saturated rings. The van der Waals surface area contributed by atoms with Crippen LogP contribution in [0.3, 0.4) is 0 Å². The Hall–Kier alpha value is -2.94. The van der Waals surface area contributed by atoms with Crippen LogP contribution < -0.4 is 10.1 Å². The second-order valence-corrected chi connectivity index (χ2v) is 9.20. The second-order valence-electron chi connectivity index (χ2n) is 9.20. The lowest BCUT2D eigenvalue weighted by Crippen LogP contribution is -2.52. The average molecular weight is 471 g/mol. The lowest BCUT2D eigenvalue weighted by atomic mass is 9.85. The van der Waals surface area contributed by atoms with Crippen LogP contribution in [0.5, 0.6) is 5.75 Å². The van der Waals surface area contributed by atoms with Gasteiger partial charge in [-0.1, -0.05) is 56.3 Å². The monoisotopic (exact) mass is 470 g/mol. The second kappa shape index (κ2) is 11.5. The number of benzene rings is 2. The third-order valence-electron chi connectivity index (χ3n) is 5.84. The maximum absolute atomic E-state index is 12.9. The van der Waals surface area contributed by atoms with Gasteiger partial charge in [-0.15, -0.1) is 0 Å². The fraction of sp³-hybridized carbons (Fsp3) is 0.462. The van der Waals surface area contributed by atoms with E-state index in [2.05, 4.69) is 5.32 Å². The summed E-state index contributed by atoms with van der Waals surface area (Å²) in [6.07, 6.45) is -2.52. The molecule has 1 saturated heterocycles. The van der Waals surface area contributed by atoms with Crippen molar-refractivity contribution in [2.24, 2.45) is 5.41 Å². The topological polar surface area (TPSA) is 97.3 Å². The van der Waals surface area contributed by atoms with E-state index < -0.39 is 23.9 Å². The van der Waals surface area contributed by atoms with Gasteiger partial charge in [-0.3, -0.25) is 9.59 Å². The molecule has 3 unspecified atom stereocenters. The molecule has 2 aromatic carbocycles. The van der Waals surface area contributed by atoms with Gasteiger partial charge in [0.15, 0.2) is 6.29 Å². The Morgan fingerprint density at radius 2 is 1.85 bits per heavy atom. The fourth-order valence-corrected chi connectivity index (χ4v) is 3.80. The summed E-state index contributed by atoms with van der Waals surface area (Å²) >= 11 is 0. The molecular formula is C26H34N2O6. The van der Waals surface area contributed by atoms with Crippen molar-refractivity contribution in [3.63, 3.8) is 0 Å². The highest BCUT2D eigenvalue weighted by atomic mass is 16.7. The molecule has 2 amide bonds. The van der Waals surface area contributed by atoms with Crippen molar-refractivity contribution >= 4 is 11.8 Å². The first-order valence-corrected chi connectivity index (χ1v) is 11.4. The smallest absolute Gasteiger partial charge is 0.251 e. The van der Waals surface area contributed by atoms with Crippen LogP contribution in [0.15, 0.2) is 54.6 Å². The van der Waals surface area contributed by atoms with E-state index in [1.165, 1.54) is 4.90 Å². The Labute approximate surface area is 200 Å². The Morgan fingerprint density at radius 1 is 1.18 bits per heavy atom. The highest BCUT2D eigenvalue weighted by Crippen LogP contribution is 2.36. The number of aliphatic hydroxyl groups excluding tert-OH is 1. The summed E-state index contributed by atoms with van der Waals surface area (Å²) in [6, 6.07) is 16.9. The van der Waals surface area contributed by atoms with E-state index in [1.54, 1.807) is 14.2 Å². The number of carbonyl (C=O) groups excluding carboxylic acids is 2. The minimum atomic E-state index is -1.20. The Bertz CT molecular complexity index is 948. The number of nitrogens with one attached hydrogen (secondary N) is 1. The predicted molar refractivity (Wildman–Crippen MR) is 127 cm³/mol. The van der Waals surface area contributed by atoms with Gasteiger partial charge in [0.1, 0.15) is 18.0 Å². The van der Waals surface area contributed by atoms with Crippen LogP contribution in [0.4, 0.5) is 0 Å². The lowest BCUT2D eigenvalue weighted by Gasteiger charge is -2.41. The summed E-state index contributed by atoms with van der Waals surface area (Å²) in [7, 11) is 3.24. The van der Waals surface area contributed by atoms with E-state index in [4.69, 9.17) is 14.2 Å². The number of amides is 2. The van der Waals surface area contributed by atoms with Gasteiger partial charge in [0, 0.05) is 31.1 Å². The van der Waals surface area contributed by atoms with Crippen LogP contribution in [-0.4, -0.2) is 61.3 Å². The van der Waals surface area contributed by atoms with Gasteiger partial charge >= 0.3 is 0 Å². The van der Waals surface area contributed by atoms with Gasteiger partial charge in [0.25, 0.3) is 5.91 Å². The molecule has 8 heteroatoms. The van der Waals surface area contributed by atoms with Gasteiger partial charge < -0.3 is 29.5 Å². The van der Waals surface area contributed by atoms with Crippen LogP contribution >= 0.6 is 0 Å². The number of methoxy groups -OCH3 is 1. The molecule has 184 valence electrons.